The summed E-state index contributed by atoms with van der Waals surface area (Å²) in [4.78, 5) is 13.7. The van der Waals surface area contributed by atoms with Crippen LogP contribution in [0.2, 0.25) is 0 Å². The van der Waals surface area contributed by atoms with Gasteiger partial charge in [-0.15, -0.1) is 0 Å². The van der Waals surface area contributed by atoms with Crippen molar-refractivity contribution in [1.29, 1.82) is 0 Å². The second-order valence-corrected chi connectivity index (χ2v) is 6.87. The van der Waals surface area contributed by atoms with Crippen LogP contribution in [0.4, 0.5) is 5.69 Å². The van der Waals surface area contributed by atoms with Crippen LogP contribution in [0, 0.1) is 0 Å². The molecule has 1 aromatic rings. The van der Waals surface area contributed by atoms with E-state index in [0.29, 0.717) is 12.4 Å². The number of amides is 1. The number of halogens is 1. The molecule has 1 aromatic carbocycles. The normalized spacial score (nSPS) is 18.1. The molecule has 1 aliphatic rings. The number of alkyl halides is 1. The zero-order valence-electron chi connectivity index (χ0n) is 12.3. The first-order chi connectivity index (χ1) is 10.2. The van der Waals surface area contributed by atoms with Gasteiger partial charge in [-0.25, -0.2) is 0 Å². The Labute approximate surface area is 138 Å². The number of thioether (sulfide) groups is 1. The fourth-order valence-electron chi connectivity index (χ4n) is 2.23. The molecule has 0 saturated carbocycles. The van der Waals surface area contributed by atoms with E-state index in [4.69, 9.17) is 9.47 Å². The third-order valence-electron chi connectivity index (χ3n) is 3.35. The summed E-state index contributed by atoms with van der Waals surface area (Å²) in [5, 5.41) is 0. The van der Waals surface area contributed by atoms with Crippen molar-refractivity contribution in [2.24, 2.45) is 0 Å². The number of hydrogen-bond donors (Lipinski definition) is 0. The summed E-state index contributed by atoms with van der Waals surface area (Å²) in [7, 11) is 1.62. The van der Waals surface area contributed by atoms with E-state index in [-0.39, 0.29) is 10.7 Å². The van der Waals surface area contributed by atoms with E-state index in [1.165, 1.54) is 0 Å². The molecule has 6 heteroatoms. The number of carbonyl (C=O) groups is 1. The number of anilines is 1. The summed E-state index contributed by atoms with van der Waals surface area (Å²) in [6.45, 7) is 1.40. The van der Waals surface area contributed by atoms with Gasteiger partial charge in [0.25, 0.3) is 0 Å². The van der Waals surface area contributed by atoms with E-state index in [1.807, 2.05) is 18.2 Å². The highest BCUT2D eigenvalue weighted by molar-refractivity contribution is 9.10. The summed E-state index contributed by atoms with van der Waals surface area (Å²) in [5.74, 6) is 2.58. The van der Waals surface area contributed by atoms with Crippen LogP contribution in [-0.4, -0.2) is 43.0 Å². The predicted molar refractivity (Wildman–Crippen MR) is 91.2 cm³/mol. The number of benzene rings is 1. The molecule has 1 fully saturated rings. The van der Waals surface area contributed by atoms with E-state index in [0.717, 1.165) is 36.6 Å². The Hall–Kier alpha value is -0.880. The number of methoxy groups -OCH3 is 1. The van der Waals surface area contributed by atoms with Gasteiger partial charge in [-0.05, 0) is 37.0 Å². The van der Waals surface area contributed by atoms with Crippen molar-refractivity contribution in [1.82, 2.24) is 0 Å². The maximum atomic E-state index is 12.0. The van der Waals surface area contributed by atoms with Crippen LogP contribution < -0.4 is 14.4 Å². The summed E-state index contributed by atoms with van der Waals surface area (Å²) in [5.41, 5.74) is 0.857. The Bertz CT molecular complexity index is 498. The molecule has 0 spiro atoms. The SMILES string of the molecule is COc1cc(N2CCC(Br)C2=O)ccc1OCCCSC. The second-order valence-electron chi connectivity index (χ2n) is 4.78. The number of hydrogen-bond acceptors (Lipinski definition) is 4. The second kappa shape index (κ2) is 7.94. The van der Waals surface area contributed by atoms with Crippen molar-refractivity contribution in [3.05, 3.63) is 18.2 Å². The zero-order chi connectivity index (χ0) is 15.2. The highest BCUT2D eigenvalue weighted by atomic mass is 79.9. The van der Waals surface area contributed by atoms with Gasteiger partial charge in [0.15, 0.2) is 11.5 Å². The Morgan fingerprint density at radius 3 is 2.86 bits per heavy atom. The predicted octanol–water partition coefficient (Wildman–Crippen LogP) is 3.33. The minimum Gasteiger partial charge on any atom is -0.493 e. The Balaban J connectivity index is 2.07. The Morgan fingerprint density at radius 1 is 1.43 bits per heavy atom. The molecule has 116 valence electrons. The monoisotopic (exact) mass is 373 g/mol. The van der Waals surface area contributed by atoms with Crippen molar-refractivity contribution in [2.75, 3.05) is 37.2 Å². The summed E-state index contributed by atoms with van der Waals surface area (Å²) in [6, 6.07) is 5.66. The molecule has 0 bridgehead atoms. The van der Waals surface area contributed by atoms with Crippen molar-refractivity contribution >= 4 is 39.3 Å². The molecule has 0 radical (unpaired) electrons. The van der Waals surface area contributed by atoms with Crippen LogP contribution in [0.3, 0.4) is 0 Å². The van der Waals surface area contributed by atoms with Gasteiger partial charge in [0, 0.05) is 18.3 Å². The van der Waals surface area contributed by atoms with E-state index < -0.39 is 0 Å². The number of ether oxygens (including phenoxy) is 2. The third kappa shape index (κ3) is 4.07. The first kappa shape index (κ1) is 16.5. The van der Waals surface area contributed by atoms with Crippen molar-refractivity contribution in [3.8, 4) is 11.5 Å². The minimum absolute atomic E-state index is 0.0778. The average molecular weight is 374 g/mol. The molecule has 1 unspecified atom stereocenters. The summed E-state index contributed by atoms with van der Waals surface area (Å²) >= 11 is 5.20. The summed E-state index contributed by atoms with van der Waals surface area (Å²) < 4.78 is 11.1. The molecular formula is C15H20BrNO3S. The fraction of sp³-hybridized carbons (Fsp3) is 0.533. The van der Waals surface area contributed by atoms with Gasteiger partial charge in [-0.2, -0.15) is 11.8 Å². The summed E-state index contributed by atoms with van der Waals surface area (Å²) in [6.07, 6.45) is 3.91. The topological polar surface area (TPSA) is 38.8 Å². The van der Waals surface area contributed by atoms with Crippen LogP contribution in [0.5, 0.6) is 11.5 Å². The van der Waals surface area contributed by atoms with Gasteiger partial charge in [0.05, 0.1) is 18.5 Å². The highest BCUT2D eigenvalue weighted by Crippen LogP contribution is 2.34. The molecule has 0 N–H and O–H groups in total. The number of rotatable bonds is 7. The molecule has 1 saturated heterocycles. The quantitative estimate of drug-likeness (QED) is 0.542. The first-order valence-corrected chi connectivity index (χ1v) is 9.23. The molecule has 1 heterocycles. The van der Waals surface area contributed by atoms with E-state index in [9.17, 15) is 4.79 Å². The molecule has 1 aliphatic heterocycles. The fourth-order valence-corrected chi connectivity index (χ4v) is 3.09. The van der Waals surface area contributed by atoms with Crippen molar-refractivity contribution < 1.29 is 14.3 Å². The van der Waals surface area contributed by atoms with Gasteiger partial charge >= 0.3 is 0 Å². The molecular weight excluding hydrogens is 354 g/mol. The molecule has 1 atom stereocenters. The Morgan fingerprint density at radius 2 is 2.24 bits per heavy atom. The maximum Gasteiger partial charge on any atom is 0.240 e. The molecule has 0 aromatic heterocycles. The van der Waals surface area contributed by atoms with Crippen molar-refractivity contribution in [2.45, 2.75) is 17.7 Å². The van der Waals surface area contributed by atoms with Crippen LogP contribution >= 0.6 is 27.7 Å². The lowest BCUT2D eigenvalue weighted by molar-refractivity contribution is -0.116. The van der Waals surface area contributed by atoms with Gasteiger partial charge in [-0.3, -0.25) is 4.79 Å². The molecule has 4 nitrogen and oxygen atoms in total. The molecule has 1 amide bonds. The third-order valence-corrected chi connectivity index (χ3v) is 4.90. The molecule has 2 rings (SSSR count). The molecule has 0 aliphatic carbocycles. The zero-order valence-corrected chi connectivity index (χ0v) is 14.7. The smallest absolute Gasteiger partial charge is 0.240 e. The Kier molecular flexibility index (Phi) is 6.23. The van der Waals surface area contributed by atoms with E-state index >= 15 is 0 Å². The first-order valence-electron chi connectivity index (χ1n) is 6.92. The van der Waals surface area contributed by atoms with Crippen LogP contribution in [0.15, 0.2) is 18.2 Å². The van der Waals surface area contributed by atoms with Crippen LogP contribution in [0.1, 0.15) is 12.8 Å². The van der Waals surface area contributed by atoms with Crippen LogP contribution in [-0.2, 0) is 4.79 Å². The van der Waals surface area contributed by atoms with E-state index in [1.54, 1.807) is 23.8 Å². The standard InChI is InChI=1S/C15H20BrNO3S/c1-19-14-10-11(17-7-6-12(16)15(17)18)4-5-13(14)20-8-3-9-21-2/h4-5,10,12H,3,6-9H2,1-2H3. The van der Waals surface area contributed by atoms with Gasteiger partial charge in [-0.1, -0.05) is 15.9 Å². The van der Waals surface area contributed by atoms with Gasteiger partial charge in [0.2, 0.25) is 5.91 Å². The van der Waals surface area contributed by atoms with Gasteiger partial charge < -0.3 is 14.4 Å². The largest absolute Gasteiger partial charge is 0.493 e. The molecule has 21 heavy (non-hydrogen) atoms. The average Bonchev–Trinajstić information content (AvgIpc) is 2.83. The van der Waals surface area contributed by atoms with Crippen molar-refractivity contribution in [3.63, 3.8) is 0 Å². The van der Waals surface area contributed by atoms with Gasteiger partial charge in [0.1, 0.15) is 0 Å². The highest BCUT2D eigenvalue weighted by Gasteiger charge is 2.30. The lowest BCUT2D eigenvalue weighted by atomic mass is 10.2. The number of nitrogens with zero attached hydrogens (tertiary/aromatic N) is 1. The minimum atomic E-state index is -0.0778. The van der Waals surface area contributed by atoms with E-state index in [2.05, 4.69) is 22.2 Å². The lowest BCUT2D eigenvalue weighted by Crippen LogP contribution is -2.26. The van der Waals surface area contributed by atoms with Crippen LogP contribution in [0.25, 0.3) is 0 Å². The lowest BCUT2D eigenvalue weighted by Gasteiger charge is -2.18. The number of carbonyl (C=O) groups excluding carboxylic acids is 1. The maximum absolute atomic E-state index is 12.0.